The van der Waals surface area contributed by atoms with Crippen LogP contribution < -0.4 is 16.6 Å². The number of nitrogens with one attached hydrogen (secondary N) is 1. The van der Waals surface area contributed by atoms with Crippen LogP contribution in [0, 0.1) is 17.5 Å². The molecule has 0 aliphatic rings. The predicted octanol–water partition coefficient (Wildman–Crippen LogP) is 3.27. The Labute approximate surface area is 170 Å². The second kappa shape index (κ2) is 7.64. The van der Waals surface area contributed by atoms with Gasteiger partial charge in [0.15, 0.2) is 0 Å². The molecule has 0 aliphatic heterocycles. The standard InChI is InChI=1S/C20H12F3N3O3S/c21-11-2-1-3-14(7-11)24-17(27)10-25-16-4-5-30-18(16)19(28)26(20(25)29)15-8-12(22)6-13(23)9-15/h1-9H,10H2,(H,24,27). The van der Waals surface area contributed by atoms with Gasteiger partial charge in [-0.15, -0.1) is 11.3 Å². The topological polar surface area (TPSA) is 73.1 Å². The molecule has 0 fully saturated rings. The van der Waals surface area contributed by atoms with Gasteiger partial charge in [-0.2, -0.15) is 0 Å². The smallest absolute Gasteiger partial charge is 0.324 e. The van der Waals surface area contributed by atoms with E-state index in [2.05, 4.69) is 5.32 Å². The molecule has 0 bridgehead atoms. The van der Waals surface area contributed by atoms with Crippen LogP contribution in [-0.4, -0.2) is 15.0 Å². The van der Waals surface area contributed by atoms with Crippen molar-refractivity contribution in [3.8, 4) is 5.69 Å². The first-order valence-corrected chi connectivity index (χ1v) is 9.46. The number of carbonyl (C=O) groups is 1. The second-order valence-electron chi connectivity index (χ2n) is 6.33. The molecule has 2 aromatic heterocycles. The lowest BCUT2D eigenvalue weighted by Gasteiger charge is -2.13. The number of nitrogens with zero attached hydrogens (tertiary/aromatic N) is 2. The van der Waals surface area contributed by atoms with Gasteiger partial charge in [0.25, 0.3) is 5.56 Å². The van der Waals surface area contributed by atoms with Gasteiger partial charge in [0.2, 0.25) is 5.91 Å². The summed E-state index contributed by atoms with van der Waals surface area (Å²) in [5, 5.41) is 4.02. The Bertz CT molecular complexity index is 1390. The summed E-state index contributed by atoms with van der Waals surface area (Å²) in [6.07, 6.45) is 0. The van der Waals surface area contributed by atoms with Crippen molar-refractivity contribution in [1.82, 2.24) is 9.13 Å². The van der Waals surface area contributed by atoms with Crippen molar-refractivity contribution in [2.75, 3.05) is 5.32 Å². The molecule has 30 heavy (non-hydrogen) atoms. The fourth-order valence-electron chi connectivity index (χ4n) is 3.05. The maximum atomic E-state index is 13.7. The molecule has 4 aromatic rings. The highest BCUT2D eigenvalue weighted by molar-refractivity contribution is 7.17. The summed E-state index contributed by atoms with van der Waals surface area (Å²) < 4.78 is 42.4. The van der Waals surface area contributed by atoms with Gasteiger partial charge in [0.05, 0.1) is 11.2 Å². The molecule has 10 heteroatoms. The van der Waals surface area contributed by atoms with Crippen LogP contribution in [0.4, 0.5) is 18.9 Å². The molecule has 0 aliphatic carbocycles. The summed E-state index contributed by atoms with van der Waals surface area (Å²) in [6, 6.07) is 9.01. The number of aromatic nitrogens is 2. The SMILES string of the molecule is O=C(Cn1c(=O)n(-c2cc(F)cc(F)c2)c(=O)c2sccc21)Nc1cccc(F)c1. The average Bonchev–Trinajstić information content (AvgIpc) is 3.14. The molecule has 0 saturated heterocycles. The number of halogens is 3. The highest BCUT2D eigenvalue weighted by Gasteiger charge is 2.18. The van der Waals surface area contributed by atoms with Crippen LogP contribution in [0.25, 0.3) is 15.9 Å². The zero-order chi connectivity index (χ0) is 21.4. The van der Waals surface area contributed by atoms with Gasteiger partial charge in [-0.1, -0.05) is 6.07 Å². The molecule has 1 N–H and O–H groups in total. The summed E-state index contributed by atoms with van der Waals surface area (Å²) >= 11 is 1.03. The molecule has 6 nitrogen and oxygen atoms in total. The van der Waals surface area contributed by atoms with E-state index in [0.717, 1.165) is 34.1 Å². The fourth-order valence-corrected chi connectivity index (χ4v) is 3.87. The molecule has 2 heterocycles. The number of benzene rings is 2. The van der Waals surface area contributed by atoms with Crippen LogP contribution >= 0.6 is 11.3 Å². The molecular formula is C20H12F3N3O3S. The summed E-state index contributed by atoms with van der Waals surface area (Å²) in [5.41, 5.74) is -1.59. The van der Waals surface area contributed by atoms with E-state index in [-0.39, 0.29) is 21.6 Å². The van der Waals surface area contributed by atoms with E-state index in [1.54, 1.807) is 5.38 Å². The third kappa shape index (κ3) is 3.64. The zero-order valence-corrected chi connectivity index (χ0v) is 15.9. The first kappa shape index (κ1) is 19.6. The van der Waals surface area contributed by atoms with Crippen LogP contribution in [0.1, 0.15) is 0 Å². The van der Waals surface area contributed by atoms with Crippen molar-refractivity contribution >= 4 is 33.1 Å². The molecule has 0 atom stereocenters. The Morgan fingerprint density at radius 3 is 2.40 bits per heavy atom. The Kier molecular flexibility index (Phi) is 5.00. The van der Waals surface area contributed by atoms with Gasteiger partial charge in [0.1, 0.15) is 28.7 Å². The van der Waals surface area contributed by atoms with E-state index in [1.807, 2.05) is 0 Å². The molecule has 4 rings (SSSR count). The number of thiophene rings is 1. The first-order chi connectivity index (χ1) is 14.3. The molecule has 0 spiro atoms. The lowest BCUT2D eigenvalue weighted by Crippen LogP contribution is -2.40. The number of anilines is 1. The van der Waals surface area contributed by atoms with Crippen LogP contribution in [-0.2, 0) is 11.3 Å². The van der Waals surface area contributed by atoms with Gasteiger partial charge < -0.3 is 5.32 Å². The number of carbonyl (C=O) groups excluding carboxylic acids is 1. The third-order valence-corrected chi connectivity index (χ3v) is 5.16. The number of hydrogen-bond acceptors (Lipinski definition) is 4. The number of rotatable bonds is 4. The lowest BCUT2D eigenvalue weighted by atomic mass is 10.3. The first-order valence-electron chi connectivity index (χ1n) is 8.58. The molecule has 0 radical (unpaired) electrons. The van der Waals surface area contributed by atoms with E-state index < -0.39 is 41.2 Å². The van der Waals surface area contributed by atoms with Gasteiger partial charge in [0, 0.05) is 11.8 Å². The molecule has 152 valence electrons. The summed E-state index contributed by atoms with van der Waals surface area (Å²) in [6.45, 7) is -0.499. The number of hydrogen-bond donors (Lipinski definition) is 1. The van der Waals surface area contributed by atoms with Crippen LogP contribution in [0.5, 0.6) is 0 Å². The third-order valence-electron chi connectivity index (χ3n) is 4.27. The quantitative estimate of drug-likeness (QED) is 0.539. The van der Waals surface area contributed by atoms with E-state index >= 15 is 0 Å². The van der Waals surface area contributed by atoms with E-state index in [1.165, 1.54) is 24.3 Å². The summed E-state index contributed by atoms with van der Waals surface area (Å²) in [7, 11) is 0. The lowest BCUT2D eigenvalue weighted by molar-refractivity contribution is -0.116. The van der Waals surface area contributed by atoms with Crippen LogP contribution in [0.15, 0.2) is 63.5 Å². The van der Waals surface area contributed by atoms with E-state index in [4.69, 9.17) is 0 Å². The van der Waals surface area contributed by atoms with Gasteiger partial charge >= 0.3 is 5.69 Å². The minimum Gasteiger partial charge on any atom is -0.324 e. The summed E-state index contributed by atoms with van der Waals surface area (Å²) in [5.74, 6) is -3.12. The van der Waals surface area contributed by atoms with Crippen molar-refractivity contribution in [2.45, 2.75) is 6.54 Å². The Morgan fingerprint density at radius 1 is 0.967 bits per heavy atom. The molecule has 0 saturated carbocycles. The zero-order valence-electron chi connectivity index (χ0n) is 15.1. The second-order valence-corrected chi connectivity index (χ2v) is 7.25. The van der Waals surface area contributed by atoms with Crippen molar-refractivity contribution in [2.24, 2.45) is 0 Å². The number of fused-ring (bicyclic) bond motifs is 1. The molecule has 0 unspecified atom stereocenters. The molecular weight excluding hydrogens is 419 g/mol. The van der Waals surface area contributed by atoms with E-state index in [0.29, 0.717) is 10.6 Å². The van der Waals surface area contributed by atoms with Crippen molar-refractivity contribution in [3.63, 3.8) is 0 Å². The maximum absolute atomic E-state index is 13.7. The summed E-state index contributed by atoms with van der Waals surface area (Å²) in [4.78, 5) is 38.2. The van der Waals surface area contributed by atoms with Gasteiger partial charge in [-0.3, -0.25) is 14.2 Å². The maximum Gasteiger partial charge on any atom is 0.336 e. The Morgan fingerprint density at radius 2 is 1.70 bits per heavy atom. The minimum atomic E-state index is -0.960. The highest BCUT2D eigenvalue weighted by atomic mass is 32.1. The van der Waals surface area contributed by atoms with Gasteiger partial charge in [-0.05, 0) is 41.8 Å². The Hall–Kier alpha value is -3.66. The Balaban J connectivity index is 1.82. The van der Waals surface area contributed by atoms with E-state index in [9.17, 15) is 27.6 Å². The molecule has 2 aromatic carbocycles. The highest BCUT2D eigenvalue weighted by Crippen LogP contribution is 2.18. The van der Waals surface area contributed by atoms with Crippen LogP contribution in [0.3, 0.4) is 0 Å². The minimum absolute atomic E-state index is 0.137. The van der Waals surface area contributed by atoms with Crippen molar-refractivity contribution in [1.29, 1.82) is 0 Å². The predicted molar refractivity (Wildman–Crippen MR) is 107 cm³/mol. The van der Waals surface area contributed by atoms with Crippen molar-refractivity contribution in [3.05, 3.63) is 92.2 Å². The van der Waals surface area contributed by atoms with Crippen LogP contribution in [0.2, 0.25) is 0 Å². The van der Waals surface area contributed by atoms with Gasteiger partial charge in [-0.25, -0.2) is 22.5 Å². The van der Waals surface area contributed by atoms with Crippen molar-refractivity contribution < 1.29 is 18.0 Å². The fraction of sp³-hybridized carbons (Fsp3) is 0.0500. The normalized spacial score (nSPS) is 11.0. The average molecular weight is 431 g/mol. The molecule has 1 amide bonds. The largest absolute Gasteiger partial charge is 0.336 e. The monoisotopic (exact) mass is 431 g/mol. The number of amides is 1.